The standard InChI is InChI=1S/C16H27NO3/c1-12(17-11-16(2,3)8-5-9-18)14-7-6-13(20-4)10-15(14)19/h6-7,10,12,17-19H,5,8-9,11H2,1-4H3. The van der Waals surface area contributed by atoms with Crippen molar-refractivity contribution in [2.45, 2.75) is 39.7 Å². The number of phenols is 1. The maximum atomic E-state index is 10.0. The van der Waals surface area contributed by atoms with Gasteiger partial charge in [-0.2, -0.15) is 0 Å². The molecular formula is C16H27NO3. The van der Waals surface area contributed by atoms with Crippen LogP contribution in [0.5, 0.6) is 11.5 Å². The first kappa shape index (κ1) is 16.8. The van der Waals surface area contributed by atoms with E-state index in [9.17, 15) is 5.11 Å². The fourth-order valence-corrected chi connectivity index (χ4v) is 2.20. The molecule has 4 heteroatoms. The van der Waals surface area contributed by atoms with Gasteiger partial charge in [0, 0.05) is 30.8 Å². The van der Waals surface area contributed by atoms with Gasteiger partial charge in [0.1, 0.15) is 11.5 Å². The number of methoxy groups -OCH3 is 1. The van der Waals surface area contributed by atoms with Crippen LogP contribution in [0.25, 0.3) is 0 Å². The molecular weight excluding hydrogens is 254 g/mol. The van der Waals surface area contributed by atoms with Gasteiger partial charge in [-0.15, -0.1) is 0 Å². The van der Waals surface area contributed by atoms with Gasteiger partial charge >= 0.3 is 0 Å². The van der Waals surface area contributed by atoms with E-state index in [1.165, 1.54) is 0 Å². The second kappa shape index (κ2) is 7.50. The van der Waals surface area contributed by atoms with E-state index in [1.54, 1.807) is 13.2 Å². The predicted octanol–water partition coefficient (Wildman–Crippen LogP) is 2.85. The molecule has 0 aromatic heterocycles. The lowest BCUT2D eigenvalue weighted by atomic mass is 9.87. The zero-order valence-corrected chi connectivity index (χ0v) is 12.9. The average Bonchev–Trinajstić information content (AvgIpc) is 2.42. The summed E-state index contributed by atoms with van der Waals surface area (Å²) in [6, 6.07) is 5.43. The molecule has 0 heterocycles. The molecule has 1 rings (SSSR count). The maximum Gasteiger partial charge on any atom is 0.124 e. The van der Waals surface area contributed by atoms with Crippen molar-refractivity contribution < 1.29 is 14.9 Å². The number of hydrogen-bond acceptors (Lipinski definition) is 4. The van der Waals surface area contributed by atoms with Crippen LogP contribution in [0.4, 0.5) is 0 Å². The number of benzene rings is 1. The highest BCUT2D eigenvalue weighted by molar-refractivity contribution is 5.41. The van der Waals surface area contributed by atoms with Crippen molar-refractivity contribution in [3.63, 3.8) is 0 Å². The molecule has 0 aliphatic rings. The number of nitrogens with one attached hydrogen (secondary N) is 1. The lowest BCUT2D eigenvalue weighted by Crippen LogP contribution is -2.31. The van der Waals surface area contributed by atoms with E-state index < -0.39 is 0 Å². The fraction of sp³-hybridized carbons (Fsp3) is 0.625. The molecule has 0 fully saturated rings. The summed E-state index contributed by atoms with van der Waals surface area (Å²) >= 11 is 0. The van der Waals surface area contributed by atoms with Crippen molar-refractivity contribution in [3.8, 4) is 11.5 Å². The van der Waals surface area contributed by atoms with E-state index in [0.29, 0.717) is 5.75 Å². The van der Waals surface area contributed by atoms with Gasteiger partial charge in [-0.25, -0.2) is 0 Å². The van der Waals surface area contributed by atoms with Crippen molar-refractivity contribution >= 4 is 0 Å². The van der Waals surface area contributed by atoms with Crippen molar-refractivity contribution in [2.75, 3.05) is 20.3 Å². The Morgan fingerprint density at radius 3 is 2.60 bits per heavy atom. The maximum absolute atomic E-state index is 10.0. The van der Waals surface area contributed by atoms with Crippen LogP contribution in [0, 0.1) is 5.41 Å². The van der Waals surface area contributed by atoms with Gasteiger partial charge in [0.05, 0.1) is 7.11 Å². The van der Waals surface area contributed by atoms with E-state index in [2.05, 4.69) is 19.2 Å². The highest BCUT2D eigenvalue weighted by atomic mass is 16.5. The van der Waals surface area contributed by atoms with Crippen LogP contribution in [0.3, 0.4) is 0 Å². The number of phenolic OH excluding ortho intramolecular Hbond substituents is 1. The monoisotopic (exact) mass is 281 g/mol. The van der Waals surface area contributed by atoms with Gasteiger partial charge in [0.2, 0.25) is 0 Å². The highest BCUT2D eigenvalue weighted by Gasteiger charge is 2.19. The third-order valence-electron chi connectivity index (χ3n) is 3.60. The van der Waals surface area contributed by atoms with E-state index in [0.717, 1.165) is 24.9 Å². The molecule has 0 amide bonds. The van der Waals surface area contributed by atoms with Crippen LogP contribution in [0.2, 0.25) is 0 Å². The van der Waals surface area contributed by atoms with Gasteiger partial charge in [-0.1, -0.05) is 19.9 Å². The fourth-order valence-electron chi connectivity index (χ4n) is 2.20. The van der Waals surface area contributed by atoms with Gasteiger partial charge < -0.3 is 20.3 Å². The summed E-state index contributed by atoms with van der Waals surface area (Å²) in [7, 11) is 1.58. The molecule has 0 bridgehead atoms. The van der Waals surface area contributed by atoms with Crippen molar-refractivity contribution in [3.05, 3.63) is 23.8 Å². The normalized spacial score (nSPS) is 13.2. The highest BCUT2D eigenvalue weighted by Crippen LogP contribution is 2.29. The van der Waals surface area contributed by atoms with Gasteiger partial charge in [0.15, 0.2) is 0 Å². The summed E-state index contributed by atoms with van der Waals surface area (Å²) in [5.74, 6) is 0.902. The molecule has 114 valence electrons. The predicted molar refractivity (Wildman–Crippen MR) is 81.2 cm³/mol. The van der Waals surface area contributed by atoms with Gasteiger partial charge in [0.25, 0.3) is 0 Å². The molecule has 0 aliphatic carbocycles. The summed E-state index contributed by atoms with van der Waals surface area (Å²) < 4.78 is 5.08. The Hall–Kier alpha value is -1.26. The minimum atomic E-state index is 0.0642. The number of aromatic hydroxyl groups is 1. The van der Waals surface area contributed by atoms with Crippen LogP contribution in [-0.2, 0) is 0 Å². The van der Waals surface area contributed by atoms with Crippen LogP contribution >= 0.6 is 0 Å². The molecule has 0 spiro atoms. The average molecular weight is 281 g/mol. The molecule has 1 atom stereocenters. The minimum absolute atomic E-state index is 0.0642. The summed E-state index contributed by atoms with van der Waals surface area (Å²) in [4.78, 5) is 0. The van der Waals surface area contributed by atoms with Crippen molar-refractivity contribution in [2.24, 2.45) is 5.41 Å². The van der Waals surface area contributed by atoms with E-state index in [-0.39, 0.29) is 23.8 Å². The van der Waals surface area contributed by atoms with Crippen LogP contribution in [0.1, 0.15) is 45.2 Å². The van der Waals surface area contributed by atoms with Crippen molar-refractivity contribution in [1.29, 1.82) is 0 Å². The topological polar surface area (TPSA) is 61.7 Å². The number of rotatable bonds is 8. The Balaban J connectivity index is 2.60. The summed E-state index contributed by atoms with van der Waals surface area (Å²) in [6.45, 7) is 7.45. The Labute approximate surface area is 121 Å². The third-order valence-corrected chi connectivity index (χ3v) is 3.60. The largest absolute Gasteiger partial charge is 0.507 e. The lowest BCUT2D eigenvalue weighted by Gasteiger charge is -2.27. The molecule has 0 saturated heterocycles. The van der Waals surface area contributed by atoms with Gasteiger partial charge in [-0.3, -0.25) is 0 Å². The molecule has 1 aromatic carbocycles. The zero-order valence-electron chi connectivity index (χ0n) is 12.9. The molecule has 1 aromatic rings. The van der Waals surface area contributed by atoms with Crippen LogP contribution in [-0.4, -0.2) is 30.5 Å². The SMILES string of the molecule is COc1ccc(C(C)NCC(C)(C)CCCO)c(O)c1. The summed E-state index contributed by atoms with van der Waals surface area (Å²) in [5, 5.41) is 22.4. The molecule has 0 aliphatic heterocycles. The molecule has 1 unspecified atom stereocenters. The lowest BCUT2D eigenvalue weighted by molar-refractivity contribution is 0.232. The number of hydrogen-bond donors (Lipinski definition) is 3. The number of aliphatic hydroxyl groups excluding tert-OH is 1. The Kier molecular flexibility index (Phi) is 6.30. The number of aliphatic hydroxyl groups is 1. The summed E-state index contributed by atoms with van der Waals surface area (Å²) in [6.07, 6.45) is 1.79. The smallest absolute Gasteiger partial charge is 0.124 e. The Morgan fingerprint density at radius 2 is 2.05 bits per heavy atom. The second-order valence-electron chi connectivity index (χ2n) is 6.02. The summed E-state index contributed by atoms with van der Waals surface area (Å²) in [5.41, 5.74) is 0.989. The quantitative estimate of drug-likeness (QED) is 0.685. The van der Waals surface area contributed by atoms with E-state index >= 15 is 0 Å². The molecule has 4 nitrogen and oxygen atoms in total. The van der Waals surface area contributed by atoms with E-state index in [1.807, 2.05) is 19.1 Å². The third kappa shape index (κ3) is 5.02. The Bertz CT molecular complexity index is 418. The zero-order chi connectivity index (χ0) is 15.2. The Morgan fingerprint density at radius 1 is 1.35 bits per heavy atom. The second-order valence-corrected chi connectivity index (χ2v) is 6.02. The van der Waals surface area contributed by atoms with Gasteiger partial charge in [-0.05, 0) is 31.2 Å². The van der Waals surface area contributed by atoms with Crippen LogP contribution in [0.15, 0.2) is 18.2 Å². The van der Waals surface area contributed by atoms with Crippen molar-refractivity contribution in [1.82, 2.24) is 5.32 Å². The molecule has 3 N–H and O–H groups in total. The molecule has 20 heavy (non-hydrogen) atoms. The minimum Gasteiger partial charge on any atom is -0.507 e. The first-order valence-corrected chi connectivity index (χ1v) is 7.11. The number of ether oxygens (including phenoxy) is 1. The van der Waals surface area contributed by atoms with Crippen LogP contribution < -0.4 is 10.1 Å². The first-order valence-electron chi connectivity index (χ1n) is 7.11. The van der Waals surface area contributed by atoms with E-state index in [4.69, 9.17) is 9.84 Å². The molecule has 0 saturated carbocycles. The molecule has 0 radical (unpaired) electrons. The first-order chi connectivity index (χ1) is 9.39.